The summed E-state index contributed by atoms with van der Waals surface area (Å²) in [5.74, 6) is -1.03. The molecule has 27 heavy (non-hydrogen) atoms. The van der Waals surface area contributed by atoms with Crippen LogP contribution in [0.25, 0.3) is 10.9 Å². The molecular formula is C20H25N3O4. The molecule has 0 saturated carbocycles. The molecule has 0 spiro atoms. The first-order chi connectivity index (χ1) is 12.9. The smallest absolute Gasteiger partial charge is 0.303 e. The lowest BCUT2D eigenvalue weighted by Gasteiger charge is -2.34. The van der Waals surface area contributed by atoms with Gasteiger partial charge in [-0.3, -0.25) is 14.4 Å². The van der Waals surface area contributed by atoms with Crippen molar-refractivity contribution in [3.8, 4) is 0 Å². The maximum Gasteiger partial charge on any atom is 0.303 e. The Labute approximate surface area is 157 Å². The van der Waals surface area contributed by atoms with Crippen LogP contribution in [0.5, 0.6) is 0 Å². The zero-order chi connectivity index (χ0) is 19.4. The number of aromatic amines is 1. The molecule has 1 saturated heterocycles. The van der Waals surface area contributed by atoms with Gasteiger partial charge in [-0.25, -0.2) is 0 Å². The van der Waals surface area contributed by atoms with Gasteiger partial charge in [-0.2, -0.15) is 0 Å². The summed E-state index contributed by atoms with van der Waals surface area (Å²) in [6, 6.07) is 7.23. The Morgan fingerprint density at radius 3 is 2.63 bits per heavy atom. The Kier molecular flexibility index (Phi) is 5.78. The SMILES string of the molecule is CC(=O)NC(Cc1c[nH]c2ccccc12)C(=O)N1CCC(CC(=O)O)CC1. The summed E-state index contributed by atoms with van der Waals surface area (Å²) in [5, 5.41) is 12.8. The van der Waals surface area contributed by atoms with Crippen LogP contribution in [0.1, 0.15) is 31.7 Å². The molecule has 1 aliphatic heterocycles. The van der Waals surface area contributed by atoms with Crippen LogP contribution in [0, 0.1) is 5.92 Å². The lowest BCUT2D eigenvalue weighted by atomic mass is 9.93. The maximum atomic E-state index is 13.0. The number of rotatable bonds is 6. The van der Waals surface area contributed by atoms with Crippen molar-refractivity contribution < 1.29 is 19.5 Å². The van der Waals surface area contributed by atoms with E-state index in [9.17, 15) is 14.4 Å². The van der Waals surface area contributed by atoms with E-state index in [0.29, 0.717) is 32.4 Å². The summed E-state index contributed by atoms with van der Waals surface area (Å²) in [7, 11) is 0. The number of likely N-dealkylation sites (tertiary alicyclic amines) is 1. The van der Waals surface area contributed by atoms with E-state index in [2.05, 4.69) is 10.3 Å². The summed E-state index contributed by atoms with van der Waals surface area (Å²) in [6.07, 6.45) is 3.80. The summed E-state index contributed by atoms with van der Waals surface area (Å²) in [6.45, 7) is 2.47. The quantitative estimate of drug-likeness (QED) is 0.722. The normalized spacial score (nSPS) is 16.3. The third kappa shape index (κ3) is 4.67. The van der Waals surface area contributed by atoms with Crippen LogP contribution >= 0.6 is 0 Å². The molecule has 1 aromatic heterocycles. The zero-order valence-corrected chi connectivity index (χ0v) is 15.4. The van der Waals surface area contributed by atoms with Crippen LogP contribution in [0.3, 0.4) is 0 Å². The van der Waals surface area contributed by atoms with Crippen LogP contribution in [0.15, 0.2) is 30.5 Å². The summed E-state index contributed by atoms with van der Waals surface area (Å²) < 4.78 is 0. The van der Waals surface area contributed by atoms with Gasteiger partial charge in [0.2, 0.25) is 11.8 Å². The first-order valence-corrected chi connectivity index (χ1v) is 9.26. The fraction of sp³-hybridized carbons (Fsp3) is 0.450. The van der Waals surface area contributed by atoms with Crippen molar-refractivity contribution in [3.63, 3.8) is 0 Å². The molecule has 7 heteroatoms. The van der Waals surface area contributed by atoms with Crippen molar-refractivity contribution in [1.82, 2.24) is 15.2 Å². The van der Waals surface area contributed by atoms with Crippen LogP contribution < -0.4 is 5.32 Å². The Morgan fingerprint density at radius 1 is 1.26 bits per heavy atom. The molecule has 7 nitrogen and oxygen atoms in total. The van der Waals surface area contributed by atoms with E-state index in [4.69, 9.17) is 5.11 Å². The van der Waals surface area contributed by atoms with E-state index in [-0.39, 0.29) is 24.2 Å². The number of carboxylic acid groups (broad SMARTS) is 1. The fourth-order valence-electron chi connectivity index (χ4n) is 3.79. The van der Waals surface area contributed by atoms with E-state index in [1.165, 1.54) is 6.92 Å². The molecular weight excluding hydrogens is 346 g/mol. The number of aromatic nitrogens is 1. The lowest BCUT2D eigenvalue weighted by molar-refractivity contribution is -0.139. The molecule has 3 N–H and O–H groups in total. The molecule has 0 radical (unpaired) electrons. The number of amides is 2. The van der Waals surface area contributed by atoms with Crippen LogP contribution in [0.4, 0.5) is 0 Å². The van der Waals surface area contributed by atoms with Gasteiger partial charge in [0.05, 0.1) is 0 Å². The Hall–Kier alpha value is -2.83. The summed E-state index contributed by atoms with van der Waals surface area (Å²) in [4.78, 5) is 40.5. The summed E-state index contributed by atoms with van der Waals surface area (Å²) in [5.41, 5.74) is 1.98. The monoisotopic (exact) mass is 371 g/mol. The molecule has 1 atom stereocenters. The van der Waals surface area contributed by atoms with Crippen LogP contribution in [-0.4, -0.2) is 51.9 Å². The van der Waals surface area contributed by atoms with Crippen molar-refractivity contribution in [2.24, 2.45) is 5.92 Å². The van der Waals surface area contributed by atoms with E-state index < -0.39 is 12.0 Å². The second kappa shape index (κ2) is 8.24. The van der Waals surface area contributed by atoms with Gasteiger partial charge in [-0.15, -0.1) is 0 Å². The standard InChI is InChI=1S/C20H25N3O4/c1-13(24)22-18(11-15-12-21-17-5-3-2-4-16(15)17)20(27)23-8-6-14(7-9-23)10-19(25)26/h2-5,12,14,18,21H,6-11H2,1H3,(H,22,24)(H,25,26). The van der Waals surface area contributed by atoms with Crippen molar-refractivity contribution in [3.05, 3.63) is 36.0 Å². The molecule has 144 valence electrons. The minimum absolute atomic E-state index is 0.107. The maximum absolute atomic E-state index is 13.0. The topological polar surface area (TPSA) is 103 Å². The van der Waals surface area contributed by atoms with Gasteiger partial charge in [0.25, 0.3) is 0 Å². The van der Waals surface area contributed by atoms with E-state index in [1.54, 1.807) is 4.90 Å². The second-order valence-electron chi connectivity index (χ2n) is 7.18. The number of carboxylic acids is 1. The summed E-state index contributed by atoms with van der Waals surface area (Å²) >= 11 is 0. The average molecular weight is 371 g/mol. The highest BCUT2D eigenvalue weighted by Crippen LogP contribution is 2.23. The van der Waals surface area contributed by atoms with Gasteiger partial charge in [0.15, 0.2) is 0 Å². The lowest BCUT2D eigenvalue weighted by Crippen LogP contribution is -2.51. The molecule has 0 aliphatic carbocycles. The van der Waals surface area contributed by atoms with E-state index >= 15 is 0 Å². The fourth-order valence-corrected chi connectivity index (χ4v) is 3.79. The number of nitrogens with zero attached hydrogens (tertiary/aromatic N) is 1. The number of hydrogen-bond acceptors (Lipinski definition) is 3. The minimum atomic E-state index is -0.796. The number of fused-ring (bicyclic) bond motifs is 1. The van der Waals surface area contributed by atoms with Gasteiger partial charge in [-0.05, 0) is 30.4 Å². The molecule has 1 aliphatic rings. The molecule has 1 fully saturated rings. The van der Waals surface area contributed by atoms with Crippen molar-refractivity contribution in [1.29, 1.82) is 0 Å². The largest absolute Gasteiger partial charge is 0.481 e. The van der Waals surface area contributed by atoms with Gasteiger partial charge in [0.1, 0.15) is 6.04 Å². The number of piperidine rings is 1. The zero-order valence-electron chi connectivity index (χ0n) is 15.4. The number of H-pyrrole nitrogens is 1. The predicted molar refractivity (Wildman–Crippen MR) is 101 cm³/mol. The van der Waals surface area contributed by atoms with Crippen molar-refractivity contribution >= 4 is 28.7 Å². The number of carbonyl (C=O) groups excluding carboxylic acids is 2. The Bertz CT molecular complexity index is 837. The second-order valence-corrected chi connectivity index (χ2v) is 7.18. The molecule has 3 rings (SSSR count). The number of hydrogen-bond donors (Lipinski definition) is 3. The first-order valence-electron chi connectivity index (χ1n) is 9.26. The van der Waals surface area contributed by atoms with E-state index in [0.717, 1.165) is 16.5 Å². The van der Waals surface area contributed by atoms with E-state index in [1.807, 2.05) is 30.5 Å². The predicted octanol–water partition coefficient (Wildman–Crippen LogP) is 1.93. The average Bonchev–Trinajstić information content (AvgIpc) is 3.03. The third-order valence-electron chi connectivity index (χ3n) is 5.16. The van der Waals surface area contributed by atoms with Gasteiger partial charge in [0, 0.05) is 50.0 Å². The van der Waals surface area contributed by atoms with Gasteiger partial charge in [-0.1, -0.05) is 18.2 Å². The number of carbonyl (C=O) groups is 3. The van der Waals surface area contributed by atoms with Crippen LogP contribution in [-0.2, 0) is 20.8 Å². The number of aliphatic carboxylic acids is 1. The highest BCUT2D eigenvalue weighted by atomic mass is 16.4. The minimum Gasteiger partial charge on any atom is -0.481 e. The Morgan fingerprint density at radius 2 is 1.96 bits per heavy atom. The molecule has 2 aromatic rings. The molecule has 2 heterocycles. The number of nitrogens with one attached hydrogen (secondary N) is 2. The highest BCUT2D eigenvalue weighted by Gasteiger charge is 2.30. The molecule has 0 bridgehead atoms. The Balaban J connectivity index is 1.70. The number of benzene rings is 1. The van der Waals surface area contributed by atoms with Crippen LogP contribution in [0.2, 0.25) is 0 Å². The highest BCUT2D eigenvalue weighted by molar-refractivity contribution is 5.89. The van der Waals surface area contributed by atoms with Gasteiger partial charge < -0.3 is 20.3 Å². The first kappa shape index (κ1) is 18.9. The molecule has 2 amide bonds. The third-order valence-corrected chi connectivity index (χ3v) is 5.16. The van der Waals surface area contributed by atoms with Gasteiger partial charge >= 0.3 is 5.97 Å². The molecule has 1 unspecified atom stereocenters. The molecule has 1 aromatic carbocycles. The van der Waals surface area contributed by atoms with Crippen molar-refractivity contribution in [2.75, 3.05) is 13.1 Å². The number of para-hydroxylation sites is 1. The van der Waals surface area contributed by atoms with Crippen molar-refractivity contribution in [2.45, 2.75) is 38.6 Å².